The van der Waals surface area contributed by atoms with Gasteiger partial charge in [0.1, 0.15) is 0 Å². The lowest BCUT2D eigenvalue weighted by Crippen LogP contribution is -2.23. The maximum absolute atomic E-state index is 11.8. The number of amides is 1. The minimum absolute atomic E-state index is 0.0745. The highest BCUT2D eigenvalue weighted by Crippen LogP contribution is 2.26. The SMILES string of the molecule is Cc1cc([N+](=O)[O-])c(C)cc1NC(=O)CCNC1CC1. The van der Waals surface area contributed by atoms with E-state index in [1.165, 1.54) is 18.9 Å². The second-order valence-electron chi connectivity index (χ2n) is 5.24. The van der Waals surface area contributed by atoms with Crippen LogP contribution in [0.5, 0.6) is 0 Å². The number of nitro groups is 1. The van der Waals surface area contributed by atoms with E-state index in [1.54, 1.807) is 19.9 Å². The third-order valence-electron chi connectivity index (χ3n) is 3.38. The summed E-state index contributed by atoms with van der Waals surface area (Å²) in [6, 6.07) is 3.73. The molecular formula is C14H19N3O3. The number of nitrogens with zero attached hydrogens (tertiary/aromatic N) is 1. The summed E-state index contributed by atoms with van der Waals surface area (Å²) >= 11 is 0. The lowest BCUT2D eigenvalue weighted by atomic mass is 10.1. The van der Waals surface area contributed by atoms with Crippen molar-refractivity contribution in [2.45, 2.75) is 39.2 Å². The molecule has 2 N–H and O–H groups in total. The second kappa shape index (κ2) is 6.00. The molecule has 0 spiro atoms. The number of hydrogen-bond acceptors (Lipinski definition) is 4. The number of hydrogen-bond donors (Lipinski definition) is 2. The molecule has 1 aliphatic carbocycles. The van der Waals surface area contributed by atoms with Crippen molar-refractivity contribution in [3.05, 3.63) is 33.4 Å². The number of carbonyl (C=O) groups excluding carboxylic acids is 1. The summed E-state index contributed by atoms with van der Waals surface area (Å²) in [5.41, 5.74) is 1.97. The van der Waals surface area contributed by atoms with Gasteiger partial charge < -0.3 is 10.6 Å². The Morgan fingerprint density at radius 3 is 2.65 bits per heavy atom. The van der Waals surface area contributed by atoms with Crippen LogP contribution >= 0.6 is 0 Å². The lowest BCUT2D eigenvalue weighted by molar-refractivity contribution is -0.385. The van der Waals surface area contributed by atoms with Crippen molar-refractivity contribution in [3.63, 3.8) is 0 Å². The lowest BCUT2D eigenvalue weighted by Gasteiger charge is -2.10. The topological polar surface area (TPSA) is 84.3 Å². The first-order chi connectivity index (χ1) is 9.47. The van der Waals surface area contributed by atoms with E-state index in [0.717, 1.165) is 0 Å². The van der Waals surface area contributed by atoms with Gasteiger partial charge >= 0.3 is 0 Å². The minimum Gasteiger partial charge on any atom is -0.326 e. The Hall–Kier alpha value is -1.95. The summed E-state index contributed by atoms with van der Waals surface area (Å²) in [6.07, 6.45) is 2.80. The third-order valence-corrected chi connectivity index (χ3v) is 3.38. The number of aryl methyl sites for hydroxylation is 2. The van der Waals surface area contributed by atoms with E-state index >= 15 is 0 Å². The van der Waals surface area contributed by atoms with Crippen molar-refractivity contribution >= 4 is 17.3 Å². The fourth-order valence-electron chi connectivity index (χ4n) is 2.02. The molecule has 2 rings (SSSR count). The molecule has 1 aromatic rings. The smallest absolute Gasteiger partial charge is 0.272 e. The number of anilines is 1. The van der Waals surface area contributed by atoms with E-state index < -0.39 is 4.92 Å². The van der Waals surface area contributed by atoms with Crippen molar-refractivity contribution in [1.29, 1.82) is 0 Å². The van der Waals surface area contributed by atoms with Crippen LogP contribution in [0.2, 0.25) is 0 Å². The number of benzene rings is 1. The fourth-order valence-corrected chi connectivity index (χ4v) is 2.02. The van der Waals surface area contributed by atoms with Gasteiger partial charge in [-0.1, -0.05) is 0 Å². The normalized spacial score (nSPS) is 14.1. The summed E-state index contributed by atoms with van der Waals surface area (Å²) in [7, 11) is 0. The summed E-state index contributed by atoms with van der Waals surface area (Å²) in [5.74, 6) is -0.0745. The minimum atomic E-state index is -0.409. The van der Waals surface area contributed by atoms with E-state index in [0.29, 0.717) is 35.8 Å². The highest BCUT2D eigenvalue weighted by atomic mass is 16.6. The Morgan fingerprint density at radius 1 is 1.35 bits per heavy atom. The number of nitrogens with one attached hydrogen (secondary N) is 2. The number of nitro benzene ring substituents is 1. The van der Waals surface area contributed by atoms with Gasteiger partial charge in [0.05, 0.1) is 4.92 Å². The first-order valence-electron chi connectivity index (χ1n) is 6.76. The van der Waals surface area contributed by atoms with Crippen LogP contribution in [0.15, 0.2) is 12.1 Å². The molecule has 0 radical (unpaired) electrons. The number of rotatable bonds is 6. The Bertz CT molecular complexity index is 539. The molecule has 0 bridgehead atoms. The molecule has 0 heterocycles. The molecule has 1 aromatic carbocycles. The van der Waals surface area contributed by atoms with Gasteiger partial charge in [-0.25, -0.2) is 0 Å². The summed E-state index contributed by atoms with van der Waals surface area (Å²) in [5, 5.41) is 16.9. The molecular weight excluding hydrogens is 258 g/mol. The van der Waals surface area contributed by atoms with Gasteiger partial charge in [-0.3, -0.25) is 14.9 Å². The first-order valence-corrected chi connectivity index (χ1v) is 6.76. The largest absolute Gasteiger partial charge is 0.326 e. The van der Waals surface area contributed by atoms with E-state index in [2.05, 4.69) is 10.6 Å². The van der Waals surface area contributed by atoms with Crippen LogP contribution in [0.3, 0.4) is 0 Å². The maximum Gasteiger partial charge on any atom is 0.272 e. The summed E-state index contributed by atoms with van der Waals surface area (Å²) in [6.45, 7) is 4.09. The first kappa shape index (κ1) is 14.5. The van der Waals surface area contributed by atoms with E-state index in [9.17, 15) is 14.9 Å². The monoisotopic (exact) mass is 277 g/mol. The van der Waals surface area contributed by atoms with Crippen molar-refractivity contribution in [1.82, 2.24) is 5.32 Å². The Morgan fingerprint density at radius 2 is 2.05 bits per heavy atom. The van der Waals surface area contributed by atoms with E-state index in [4.69, 9.17) is 0 Å². The Labute approximate surface area is 117 Å². The van der Waals surface area contributed by atoms with Crippen molar-refractivity contribution < 1.29 is 9.72 Å². The van der Waals surface area contributed by atoms with Gasteiger partial charge in [0.2, 0.25) is 5.91 Å². The van der Waals surface area contributed by atoms with Gasteiger partial charge in [0, 0.05) is 36.3 Å². The molecule has 20 heavy (non-hydrogen) atoms. The molecule has 0 unspecified atom stereocenters. The zero-order chi connectivity index (χ0) is 14.7. The average molecular weight is 277 g/mol. The van der Waals surface area contributed by atoms with Crippen LogP contribution in [-0.2, 0) is 4.79 Å². The van der Waals surface area contributed by atoms with Gasteiger partial charge in [-0.05, 0) is 38.3 Å². The fraction of sp³-hybridized carbons (Fsp3) is 0.500. The average Bonchev–Trinajstić information content (AvgIpc) is 3.17. The van der Waals surface area contributed by atoms with Crippen LogP contribution in [0.4, 0.5) is 11.4 Å². The standard InChI is InChI=1S/C14H19N3O3/c1-9-8-13(17(19)20)10(2)7-12(9)16-14(18)5-6-15-11-3-4-11/h7-8,11,15H,3-6H2,1-2H3,(H,16,18). The summed E-state index contributed by atoms with van der Waals surface area (Å²) in [4.78, 5) is 22.2. The van der Waals surface area contributed by atoms with Crippen molar-refractivity contribution in [3.8, 4) is 0 Å². The van der Waals surface area contributed by atoms with E-state index in [-0.39, 0.29) is 11.6 Å². The van der Waals surface area contributed by atoms with Crippen LogP contribution in [0.25, 0.3) is 0 Å². The molecule has 0 aromatic heterocycles. The zero-order valence-corrected chi connectivity index (χ0v) is 11.7. The molecule has 6 nitrogen and oxygen atoms in total. The second-order valence-corrected chi connectivity index (χ2v) is 5.24. The third kappa shape index (κ3) is 3.77. The predicted molar refractivity (Wildman–Crippen MR) is 76.8 cm³/mol. The molecule has 0 saturated heterocycles. The highest BCUT2D eigenvalue weighted by molar-refractivity contribution is 5.92. The predicted octanol–water partition coefficient (Wildman–Crippen LogP) is 2.29. The molecule has 0 atom stereocenters. The zero-order valence-electron chi connectivity index (χ0n) is 11.7. The Kier molecular flexibility index (Phi) is 4.34. The molecule has 1 aliphatic rings. The van der Waals surface area contributed by atoms with Crippen LogP contribution in [0, 0.1) is 24.0 Å². The van der Waals surface area contributed by atoms with E-state index in [1.807, 2.05) is 0 Å². The van der Waals surface area contributed by atoms with Gasteiger partial charge in [0.15, 0.2) is 0 Å². The van der Waals surface area contributed by atoms with Gasteiger partial charge in [0.25, 0.3) is 5.69 Å². The Balaban J connectivity index is 1.95. The highest BCUT2D eigenvalue weighted by Gasteiger charge is 2.20. The van der Waals surface area contributed by atoms with Crippen molar-refractivity contribution in [2.75, 3.05) is 11.9 Å². The molecule has 1 saturated carbocycles. The molecule has 1 amide bonds. The molecule has 1 fully saturated rings. The van der Waals surface area contributed by atoms with Gasteiger partial charge in [-0.15, -0.1) is 0 Å². The molecule has 0 aliphatic heterocycles. The van der Waals surface area contributed by atoms with Gasteiger partial charge in [-0.2, -0.15) is 0 Å². The number of carbonyl (C=O) groups is 1. The summed E-state index contributed by atoms with van der Waals surface area (Å²) < 4.78 is 0. The quantitative estimate of drug-likeness (QED) is 0.617. The van der Waals surface area contributed by atoms with Crippen LogP contribution in [0.1, 0.15) is 30.4 Å². The molecule has 6 heteroatoms. The van der Waals surface area contributed by atoms with Crippen LogP contribution in [-0.4, -0.2) is 23.4 Å². The maximum atomic E-state index is 11.8. The van der Waals surface area contributed by atoms with Crippen molar-refractivity contribution in [2.24, 2.45) is 0 Å². The van der Waals surface area contributed by atoms with Crippen LogP contribution < -0.4 is 10.6 Å². The molecule has 108 valence electrons.